The first-order chi connectivity index (χ1) is 15.7. The van der Waals surface area contributed by atoms with Crippen LogP contribution in [0, 0.1) is 0 Å². The number of thiol groups is 1. The first kappa shape index (κ1) is 22.4. The number of hydrogen-bond donors (Lipinski definition) is 3. The van der Waals surface area contributed by atoms with Gasteiger partial charge in [0.15, 0.2) is 0 Å². The molecule has 170 valence electrons. The Hall–Kier alpha value is -3.83. The van der Waals surface area contributed by atoms with Gasteiger partial charge >= 0.3 is 0 Å². The summed E-state index contributed by atoms with van der Waals surface area (Å²) in [6.45, 7) is 0. The molecule has 11 heteroatoms. The molecule has 4 aromatic rings. The monoisotopic (exact) mass is 472 g/mol. The van der Waals surface area contributed by atoms with E-state index < -0.39 is 22.8 Å². The van der Waals surface area contributed by atoms with Crippen molar-refractivity contribution in [3.8, 4) is 0 Å². The van der Waals surface area contributed by atoms with E-state index in [1.165, 1.54) is 55.8 Å². The number of anilines is 2. The summed E-state index contributed by atoms with van der Waals surface area (Å²) in [4.78, 5) is 19.4. The van der Waals surface area contributed by atoms with Crippen LogP contribution in [0.3, 0.4) is 0 Å². The molecule has 0 aliphatic carbocycles. The molecular formula is C22H18F2N4O4S. The maximum atomic E-state index is 14.9. The minimum Gasteiger partial charge on any atom is -0.350 e. The molecule has 2 heterocycles. The number of pyridine rings is 1. The number of H-pyrrole nitrogens is 1. The number of halogens is 2. The minimum absolute atomic E-state index is 0.201. The summed E-state index contributed by atoms with van der Waals surface area (Å²) in [5, 5.41) is 4.38. The second-order valence-electron chi connectivity index (χ2n) is 7.10. The fourth-order valence-corrected chi connectivity index (χ4v) is 3.59. The van der Waals surface area contributed by atoms with Crippen molar-refractivity contribution in [2.24, 2.45) is 0 Å². The third kappa shape index (κ3) is 4.83. The second kappa shape index (κ2) is 8.96. The van der Waals surface area contributed by atoms with Crippen LogP contribution in [0.15, 0.2) is 73.1 Å². The van der Waals surface area contributed by atoms with Crippen molar-refractivity contribution in [1.29, 1.82) is 0 Å². The molecule has 33 heavy (non-hydrogen) atoms. The molecule has 0 saturated carbocycles. The molecule has 2 N–H and O–H groups in total. The molecule has 0 fully saturated rings. The molecule has 0 atom stereocenters. The van der Waals surface area contributed by atoms with Crippen molar-refractivity contribution in [2.75, 3.05) is 17.4 Å². The summed E-state index contributed by atoms with van der Waals surface area (Å²) in [5.41, 5.74) is 0.939. The third-order valence-electron chi connectivity index (χ3n) is 4.93. The summed E-state index contributed by atoms with van der Waals surface area (Å²) in [5.74, 6) is -3.78. The third-order valence-corrected chi connectivity index (χ3v) is 5.31. The summed E-state index contributed by atoms with van der Waals surface area (Å²) in [6.07, 6.45) is 2.58. The summed E-state index contributed by atoms with van der Waals surface area (Å²) in [7, 11) is -1.64. The molecule has 8 nitrogen and oxygen atoms in total. The SMILES string of the molecule is CN(O[SH](=O)=O)c1ccc2cc(C(=O)Nc3cccc(C(F)(F)c4ccncc4)c3)[nH]c2c1. The van der Waals surface area contributed by atoms with Crippen LogP contribution < -0.4 is 10.4 Å². The van der Waals surface area contributed by atoms with Crippen molar-refractivity contribution < 1.29 is 26.3 Å². The number of aromatic nitrogens is 2. The molecule has 0 bridgehead atoms. The van der Waals surface area contributed by atoms with Gasteiger partial charge in [-0.25, -0.2) is 13.5 Å². The van der Waals surface area contributed by atoms with Crippen LogP contribution in [0.1, 0.15) is 21.6 Å². The number of nitrogens with zero attached hydrogens (tertiary/aromatic N) is 2. The average Bonchev–Trinajstić information content (AvgIpc) is 3.23. The van der Waals surface area contributed by atoms with Gasteiger partial charge in [0, 0.05) is 47.2 Å². The highest BCUT2D eigenvalue weighted by Crippen LogP contribution is 2.36. The zero-order valence-electron chi connectivity index (χ0n) is 17.2. The van der Waals surface area contributed by atoms with Gasteiger partial charge in [0.2, 0.25) is 0 Å². The Labute approximate surface area is 188 Å². The number of hydroxylamine groups is 1. The lowest BCUT2D eigenvalue weighted by Crippen LogP contribution is -2.17. The predicted octanol–water partition coefficient (Wildman–Crippen LogP) is 3.85. The van der Waals surface area contributed by atoms with Crippen LogP contribution in [-0.4, -0.2) is 31.3 Å². The largest absolute Gasteiger partial charge is 0.350 e. The van der Waals surface area contributed by atoms with Gasteiger partial charge in [-0.05, 0) is 42.5 Å². The molecule has 0 unspecified atom stereocenters. The Kier molecular flexibility index (Phi) is 6.07. The number of carbonyl (C=O) groups is 1. The smallest absolute Gasteiger partial charge is 0.298 e. The van der Waals surface area contributed by atoms with Crippen LogP contribution in [0.2, 0.25) is 0 Å². The van der Waals surface area contributed by atoms with E-state index in [0.717, 1.165) is 5.06 Å². The van der Waals surface area contributed by atoms with Crippen LogP contribution in [0.25, 0.3) is 10.9 Å². The lowest BCUT2D eigenvalue weighted by atomic mass is 10.0. The highest BCUT2D eigenvalue weighted by Gasteiger charge is 2.34. The number of benzene rings is 2. The van der Waals surface area contributed by atoms with Crippen LogP contribution in [0.5, 0.6) is 0 Å². The van der Waals surface area contributed by atoms with Gasteiger partial charge in [-0.2, -0.15) is 13.1 Å². The predicted molar refractivity (Wildman–Crippen MR) is 120 cm³/mol. The molecule has 2 aromatic carbocycles. The first-order valence-corrected chi connectivity index (χ1v) is 10.7. The van der Waals surface area contributed by atoms with Crippen molar-refractivity contribution >= 4 is 39.2 Å². The maximum Gasteiger partial charge on any atom is 0.298 e. The number of nitrogens with one attached hydrogen (secondary N) is 2. The molecule has 0 aliphatic heterocycles. The van der Waals surface area contributed by atoms with E-state index in [9.17, 15) is 22.0 Å². The van der Waals surface area contributed by atoms with Crippen molar-refractivity contribution in [2.45, 2.75) is 5.92 Å². The first-order valence-electron chi connectivity index (χ1n) is 9.63. The van der Waals surface area contributed by atoms with Crippen LogP contribution >= 0.6 is 0 Å². The van der Waals surface area contributed by atoms with E-state index >= 15 is 0 Å². The van der Waals surface area contributed by atoms with E-state index in [1.54, 1.807) is 24.3 Å². The van der Waals surface area contributed by atoms with Crippen molar-refractivity contribution in [1.82, 2.24) is 9.97 Å². The number of alkyl halides is 2. The molecule has 0 saturated heterocycles. The van der Waals surface area contributed by atoms with Crippen LogP contribution in [-0.2, 0) is 21.2 Å². The zero-order valence-corrected chi connectivity index (χ0v) is 18.1. The molecule has 0 radical (unpaired) electrons. The lowest BCUT2D eigenvalue weighted by Gasteiger charge is -2.18. The van der Waals surface area contributed by atoms with Gasteiger partial charge in [0.25, 0.3) is 22.8 Å². The second-order valence-corrected chi connectivity index (χ2v) is 7.71. The van der Waals surface area contributed by atoms with E-state index in [0.29, 0.717) is 16.6 Å². The standard InChI is InChI=1S/C22H18F2N4O4S/c1-28(32-33(30)31)18-6-5-14-11-20(27-19(14)13-18)21(29)26-17-4-2-3-16(12-17)22(23,24)15-7-9-25-10-8-15/h2-13,27,33H,1H3,(H,26,29). The normalized spacial score (nSPS) is 11.6. The van der Waals surface area contributed by atoms with Gasteiger partial charge in [0.1, 0.15) is 5.69 Å². The Morgan fingerprint density at radius 3 is 2.55 bits per heavy atom. The van der Waals surface area contributed by atoms with Gasteiger partial charge in [-0.3, -0.25) is 9.78 Å². The fourth-order valence-electron chi connectivity index (χ4n) is 3.30. The van der Waals surface area contributed by atoms with E-state index in [-0.39, 0.29) is 22.5 Å². The number of fused-ring (bicyclic) bond motifs is 1. The maximum absolute atomic E-state index is 14.9. The topological polar surface area (TPSA) is 104 Å². The number of carbonyl (C=O) groups excluding carboxylic acids is 1. The number of aromatic amines is 1. The van der Waals surface area contributed by atoms with Crippen LogP contribution in [0.4, 0.5) is 20.2 Å². The van der Waals surface area contributed by atoms with Gasteiger partial charge in [-0.1, -0.05) is 18.2 Å². The summed E-state index contributed by atoms with van der Waals surface area (Å²) < 4.78 is 55.8. The Morgan fingerprint density at radius 2 is 1.82 bits per heavy atom. The quantitative estimate of drug-likeness (QED) is 0.279. The van der Waals surface area contributed by atoms with Crippen molar-refractivity contribution in [3.63, 3.8) is 0 Å². The Morgan fingerprint density at radius 1 is 1.06 bits per heavy atom. The Bertz CT molecular complexity index is 1380. The molecule has 1 amide bonds. The van der Waals surface area contributed by atoms with Gasteiger partial charge in [-0.15, -0.1) is 0 Å². The molecule has 0 spiro atoms. The van der Waals surface area contributed by atoms with E-state index in [1.807, 2.05) is 0 Å². The Balaban J connectivity index is 1.55. The molecule has 4 rings (SSSR count). The molecular weight excluding hydrogens is 454 g/mol. The average molecular weight is 472 g/mol. The summed E-state index contributed by atoms with van der Waals surface area (Å²) >= 11 is 0. The van der Waals surface area contributed by atoms with Gasteiger partial charge < -0.3 is 10.3 Å². The van der Waals surface area contributed by atoms with E-state index in [4.69, 9.17) is 0 Å². The molecule has 0 aliphatic rings. The van der Waals surface area contributed by atoms with Gasteiger partial charge in [0.05, 0.1) is 5.69 Å². The molecule has 2 aromatic heterocycles. The highest BCUT2D eigenvalue weighted by molar-refractivity contribution is 7.67. The number of rotatable bonds is 7. The number of amides is 1. The van der Waals surface area contributed by atoms with Crippen molar-refractivity contribution in [3.05, 3.63) is 89.9 Å². The summed E-state index contributed by atoms with van der Waals surface area (Å²) in [6, 6.07) is 14.5. The lowest BCUT2D eigenvalue weighted by molar-refractivity contribution is 0.0428. The fraction of sp³-hybridized carbons (Fsp3) is 0.0909. The highest BCUT2D eigenvalue weighted by atomic mass is 32.2. The van der Waals surface area contributed by atoms with E-state index in [2.05, 4.69) is 19.6 Å². The minimum atomic E-state index is -3.26. The number of hydrogen-bond acceptors (Lipinski definition) is 6. The zero-order chi connectivity index (χ0) is 23.6.